The second-order valence-corrected chi connectivity index (χ2v) is 8.17. The molecule has 0 unspecified atom stereocenters. The van der Waals surface area contributed by atoms with Gasteiger partial charge in [0.15, 0.2) is 0 Å². The molecule has 0 N–H and O–H groups in total. The first-order valence-electron chi connectivity index (χ1n) is 8.31. The first-order valence-corrected chi connectivity index (χ1v) is 10.2. The number of para-hydroxylation sites is 1. The quantitative estimate of drug-likeness (QED) is 0.844. The van der Waals surface area contributed by atoms with Gasteiger partial charge in [-0.05, 0) is 49.6 Å². The third-order valence-electron chi connectivity index (χ3n) is 4.55. The van der Waals surface area contributed by atoms with Crippen LogP contribution in [0.4, 0.5) is 11.4 Å². The molecule has 6 heteroatoms. The minimum absolute atomic E-state index is 0.125. The molecule has 2 aromatic carbocycles. The molecule has 0 fully saturated rings. The lowest BCUT2D eigenvalue weighted by atomic mass is 10.1. The molecule has 0 spiro atoms. The molecule has 1 heterocycles. The molecule has 1 aliphatic rings. The minimum atomic E-state index is -3.33. The maximum absolute atomic E-state index is 13.0. The highest BCUT2D eigenvalue weighted by atomic mass is 32.2. The predicted molar refractivity (Wildman–Crippen MR) is 101 cm³/mol. The fraction of sp³-hybridized carbons (Fsp3) is 0.316. The first-order chi connectivity index (χ1) is 11.8. The van der Waals surface area contributed by atoms with Crippen LogP contribution in [0.2, 0.25) is 0 Å². The van der Waals surface area contributed by atoms with Crippen LogP contribution >= 0.6 is 0 Å². The van der Waals surface area contributed by atoms with E-state index in [0.717, 1.165) is 16.8 Å². The van der Waals surface area contributed by atoms with Crippen molar-refractivity contribution in [1.82, 2.24) is 0 Å². The lowest BCUT2D eigenvalue weighted by Gasteiger charge is -2.24. The molecule has 0 aromatic heterocycles. The van der Waals surface area contributed by atoms with Gasteiger partial charge in [0.05, 0.1) is 11.9 Å². The summed E-state index contributed by atoms with van der Waals surface area (Å²) in [5, 5.41) is 0. The minimum Gasteiger partial charge on any atom is -0.308 e. The Morgan fingerprint density at radius 3 is 2.56 bits per heavy atom. The number of carbonyl (C=O) groups excluding carboxylic acids is 1. The zero-order valence-corrected chi connectivity index (χ0v) is 15.5. The highest BCUT2D eigenvalue weighted by molar-refractivity contribution is 7.92. The number of benzene rings is 2. The van der Waals surface area contributed by atoms with Crippen molar-refractivity contribution >= 4 is 27.3 Å². The molecular formula is C19H22N2O3S. The Morgan fingerprint density at radius 2 is 1.92 bits per heavy atom. The smallest absolute Gasteiger partial charge is 0.258 e. The lowest BCUT2D eigenvalue weighted by Crippen LogP contribution is -2.31. The number of hydrogen-bond acceptors (Lipinski definition) is 3. The second-order valence-electron chi connectivity index (χ2n) is 6.26. The van der Waals surface area contributed by atoms with Crippen LogP contribution in [0, 0.1) is 6.92 Å². The highest BCUT2D eigenvalue weighted by Crippen LogP contribution is 2.32. The average molecular weight is 358 g/mol. The molecule has 132 valence electrons. The molecule has 1 aliphatic heterocycles. The number of sulfonamides is 1. The summed E-state index contributed by atoms with van der Waals surface area (Å²) in [6.07, 6.45) is 1.87. The van der Waals surface area contributed by atoms with E-state index >= 15 is 0 Å². The van der Waals surface area contributed by atoms with Crippen molar-refractivity contribution < 1.29 is 13.2 Å². The standard InChI is InChI=1S/C19H22N2O3S/c1-4-20(17-8-6-5-7-14(17)2)19(22)16-10-9-15-11-12-21(18(15)13-16)25(3,23)24/h5-10,13H,4,11-12H2,1-3H3. The number of aryl methyl sites for hydroxylation is 1. The van der Waals surface area contributed by atoms with Gasteiger partial charge in [0.2, 0.25) is 10.0 Å². The molecule has 2 aromatic rings. The second kappa shape index (κ2) is 6.52. The van der Waals surface area contributed by atoms with Crippen LogP contribution in [0.5, 0.6) is 0 Å². The summed E-state index contributed by atoms with van der Waals surface area (Å²) in [5.74, 6) is -0.125. The van der Waals surface area contributed by atoms with E-state index in [-0.39, 0.29) is 5.91 Å². The molecule has 0 aliphatic carbocycles. The van der Waals surface area contributed by atoms with Gasteiger partial charge in [-0.25, -0.2) is 8.42 Å². The Labute approximate surface area is 148 Å². The molecule has 1 amide bonds. The van der Waals surface area contributed by atoms with Crippen molar-refractivity contribution in [3.63, 3.8) is 0 Å². The Balaban J connectivity index is 2.00. The van der Waals surface area contributed by atoms with Gasteiger partial charge in [-0.3, -0.25) is 9.10 Å². The summed E-state index contributed by atoms with van der Waals surface area (Å²) in [5.41, 5.74) is 3.97. The molecule has 0 atom stereocenters. The Kier molecular flexibility index (Phi) is 4.56. The molecule has 3 rings (SSSR count). The van der Waals surface area contributed by atoms with Crippen molar-refractivity contribution in [3.05, 3.63) is 59.2 Å². The molecule has 0 saturated carbocycles. The largest absolute Gasteiger partial charge is 0.308 e. The van der Waals surface area contributed by atoms with E-state index in [1.54, 1.807) is 17.0 Å². The number of amides is 1. The summed E-state index contributed by atoms with van der Waals surface area (Å²) in [4.78, 5) is 14.8. The van der Waals surface area contributed by atoms with Crippen LogP contribution in [0.3, 0.4) is 0 Å². The molecule has 0 saturated heterocycles. The van der Waals surface area contributed by atoms with Crippen molar-refractivity contribution in [3.8, 4) is 0 Å². The van der Waals surface area contributed by atoms with Gasteiger partial charge in [0.25, 0.3) is 5.91 Å². The Morgan fingerprint density at radius 1 is 1.20 bits per heavy atom. The van der Waals surface area contributed by atoms with Gasteiger partial charge < -0.3 is 4.90 Å². The van der Waals surface area contributed by atoms with E-state index in [0.29, 0.717) is 30.8 Å². The predicted octanol–water partition coefficient (Wildman–Crippen LogP) is 2.98. The monoisotopic (exact) mass is 358 g/mol. The van der Waals surface area contributed by atoms with E-state index in [1.165, 1.54) is 10.6 Å². The fourth-order valence-electron chi connectivity index (χ4n) is 3.27. The highest BCUT2D eigenvalue weighted by Gasteiger charge is 2.28. The van der Waals surface area contributed by atoms with Crippen LogP contribution in [0.25, 0.3) is 0 Å². The summed E-state index contributed by atoms with van der Waals surface area (Å²) in [6.45, 7) is 4.87. The zero-order chi connectivity index (χ0) is 18.2. The van der Waals surface area contributed by atoms with Gasteiger partial charge in [0.1, 0.15) is 0 Å². The number of fused-ring (bicyclic) bond motifs is 1. The normalized spacial score (nSPS) is 13.6. The van der Waals surface area contributed by atoms with Crippen LogP contribution in [0.1, 0.15) is 28.4 Å². The van der Waals surface area contributed by atoms with E-state index in [1.807, 2.05) is 44.2 Å². The van der Waals surface area contributed by atoms with Crippen LogP contribution in [-0.4, -0.2) is 33.7 Å². The summed E-state index contributed by atoms with van der Waals surface area (Å²) in [6, 6.07) is 13.1. The average Bonchev–Trinajstić information content (AvgIpc) is 3.00. The van der Waals surface area contributed by atoms with Crippen molar-refractivity contribution in [2.24, 2.45) is 0 Å². The van der Waals surface area contributed by atoms with E-state index in [9.17, 15) is 13.2 Å². The summed E-state index contributed by atoms with van der Waals surface area (Å²) < 4.78 is 25.3. The summed E-state index contributed by atoms with van der Waals surface area (Å²) in [7, 11) is -3.33. The van der Waals surface area contributed by atoms with Crippen LogP contribution < -0.4 is 9.21 Å². The van der Waals surface area contributed by atoms with Crippen molar-refractivity contribution in [2.45, 2.75) is 20.3 Å². The summed E-state index contributed by atoms with van der Waals surface area (Å²) >= 11 is 0. The molecular weight excluding hydrogens is 336 g/mol. The van der Waals surface area contributed by atoms with Crippen LogP contribution in [0.15, 0.2) is 42.5 Å². The maximum Gasteiger partial charge on any atom is 0.258 e. The fourth-order valence-corrected chi connectivity index (χ4v) is 4.22. The van der Waals surface area contributed by atoms with Crippen molar-refractivity contribution in [2.75, 3.05) is 28.6 Å². The topological polar surface area (TPSA) is 57.7 Å². The lowest BCUT2D eigenvalue weighted by molar-refractivity contribution is 0.0988. The molecule has 0 radical (unpaired) electrons. The SMILES string of the molecule is CCN(C(=O)c1ccc2c(c1)N(S(C)(=O)=O)CC2)c1ccccc1C. The molecule has 0 bridgehead atoms. The maximum atomic E-state index is 13.0. The Bertz CT molecular complexity index is 922. The van der Waals surface area contributed by atoms with E-state index in [2.05, 4.69) is 0 Å². The number of hydrogen-bond donors (Lipinski definition) is 0. The van der Waals surface area contributed by atoms with E-state index < -0.39 is 10.0 Å². The number of nitrogens with zero attached hydrogens (tertiary/aromatic N) is 2. The van der Waals surface area contributed by atoms with Crippen molar-refractivity contribution in [1.29, 1.82) is 0 Å². The number of carbonyl (C=O) groups is 1. The van der Waals surface area contributed by atoms with Gasteiger partial charge in [0, 0.05) is 24.3 Å². The first kappa shape index (κ1) is 17.5. The zero-order valence-electron chi connectivity index (χ0n) is 14.7. The van der Waals surface area contributed by atoms with Gasteiger partial charge >= 0.3 is 0 Å². The molecule has 5 nitrogen and oxygen atoms in total. The number of anilines is 2. The van der Waals surface area contributed by atoms with Crippen LogP contribution in [-0.2, 0) is 16.4 Å². The van der Waals surface area contributed by atoms with Gasteiger partial charge in [-0.1, -0.05) is 24.3 Å². The van der Waals surface area contributed by atoms with Gasteiger partial charge in [-0.2, -0.15) is 0 Å². The third kappa shape index (κ3) is 3.26. The third-order valence-corrected chi connectivity index (χ3v) is 5.73. The van der Waals surface area contributed by atoms with E-state index in [4.69, 9.17) is 0 Å². The van der Waals surface area contributed by atoms with Gasteiger partial charge in [-0.15, -0.1) is 0 Å². The Hall–Kier alpha value is -2.34. The number of rotatable bonds is 4. The molecule has 25 heavy (non-hydrogen) atoms.